The minimum absolute atomic E-state index is 0.0447. The minimum atomic E-state index is -0.215. The molecule has 1 aliphatic heterocycles. The third-order valence-electron chi connectivity index (χ3n) is 6.96. The van der Waals surface area contributed by atoms with Crippen LogP contribution in [0.1, 0.15) is 71.0 Å². The van der Waals surface area contributed by atoms with Crippen LogP contribution in [0.4, 0.5) is 0 Å². The maximum atomic E-state index is 10.5. The van der Waals surface area contributed by atoms with Crippen molar-refractivity contribution in [2.24, 2.45) is 17.8 Å². The van der Waals surface area contributed by atoms with E-state index in [9.17, 15) is 5.11 Å². The van der Waals surface area contributed by atoms with Crippen LogP contribution in [-0.4, -0.2) is 22.9 Å². The fourth-order valence-electron chi connectivity index (χ4n) is 5.19. The summed E-state index contributed by atoms with van der Waals surface area (Å²) in [6, 6.07) is 8.49. The minimum Gasteiger partial charge on any atom is -0.490 e. The smallest absolute Gasteiger partial charge is 0.120 e. The monoisotopic (exact) mass is 344 g/mol. The summed E-state index contributed by atoms with van der Waals surface area (Å²) >= 11 is 0. The first-order valence-corrected chi connectivity index (χ1v) is 10.1. The summed E-state index contributed by atoms with van der Waals surface area (Å²) in [5.74, 6) is 2.06. The van der Waals surface area contributed by atoms with E-state index in [2.05, 4.69) is 45.0 Å². The van der Waals surface area contributed by atoms with Crippen molar-refractivity contribution >= 4 is 0 Å². The van der Waals surface area contributed by atoms with Gasteiger partial charge >= 0.3 is 0 Å². The zero-order valence-corrected chi connectivity index (χ0v) is 15.8. The third kappa shape index (κ3) is 3.33. The number of fused-ring (bicyclic) bond motifs is 2. The normalized spacial score (nSPS) is 37.8. The van der Waals surface area contributed by atoms with Gasteiger partial charge in [0.15, 0.2) is 0 Å². The van der Waals surface area contributed by atoms with Crippen LogP contribution in [0.3, 0.4) is 0 Å². The summed E-state index contributed by atoms with van der Waals surface area (Å²) in [5.41, 5.74) is 1.01. The van der Waals surface area contributed by atoms with Gasteiger partial charge in [0, 0.05) is 0 Å². The molecule has 1 saturated heterocycles. The van der Waals surface area contributed by atoms with Crippen LogP contribution in [0.5, 0.6) is 5.75 Å². The second-order valence-corrected chi connectivity index (χ2v) is 9.00. The molecule has 0 amide bonds. The van der Waals surface area contributed by atoms with Crippen LogP contribution in [0.2, 0.25) is 0 Å². The van der Waals surface area contributed by atoms with Crippen LogP contribution >= 0.6 is 0 Å². The van der Waals surface area contributed by atoms with E-state index in [-0.39, 0.29) is 23.7 Å². The summed E-state index contributed by atoms with van der Waals surface area (Å²) < 4.78 is 12.8. The first-order chi connectivity index (χ1) is 11.9. The lowest BCUT2D eigenvalue weighted by molar-refractivity contribution is -0.215. The van der Waals surface area contributed by atoms with Gasteiger partial charge in [-0.25, -0.2) is 0 Å². The average Bonchev–Trinajstić information content (AvgIpc) is 3.08. The Kier molecular flexibility index (Phi) is 4.57. The summed E-state index contributed by atoms with van der Waals surface area (Å²) in [5, 5.41) is 10.5. The molecule has 2 aliphatic carbocycles. The van der Waals surface area contributed by atoms with Crippen LogP contribution in [0.25, 0.3) is 0 Å². The molecule has 0 spiro atoms. The van der Waals surface area contributed by atoms with Gasteiger partial charge in [-0.05, 0) is 87.8 Å². The third-order valence-corrected chi connectivity index (χ3v) is 6.96. The molecule has 2 bridgehead atoms. The van der Waals surface area contributed by atoms with E-state index < -0.39 is 0 Å². The van der Waals surface area contributed by atoms with Crippen molar-refractivity contribution in [3.05, 3.63) is 29.8 Å². The maximum absolute atomic E-state index is 10.5. The van der Waals surface area contributed by atoms with E-state index >= 15 is 0 Å². The molecular weight excluding hydrogens is 312 g/mol. The molecule has 25 heavy (non-hydrogen) atoms. The van der Waals surface area contributed by atoms with Gasteiger partial charge in [-0.3, -0.25) is 0 Å². The molecule has 1 aromatic rings. The Morgan fingerprint density at radius 2 is 1.92 bits per heavy atom. The first kappa shape index (κ1) is 17.4. The van der Waals surface area contributed by atoms with Gasteiger partial charge in [0.1, 0.15) is 5.75 Å². The molecule has 1 heterocycles. The van der Waals surface area contributed by atoms with E-state index in [0.29, 0.717) is 17.9 Å². The SMILES string of the molecule is C[C@H]1C2CC(C[C@@H]1O)C(C)(C)O[C@H]2c1cccc(OC2CCCC2)c1. The van der Waals surface area contributed by atoms with Crippen LogP contribution in [0, 0.1) is 17.8 Å². The second kappa shape index (κ2) is 6.59. The highest BCUT2D eigenvalue weighted by atomic mass is 16.5. The van der Waals surface area contributed by atoms with Crippen LogP contribution < -0.4 is 4.74 Å². The predicted molar refractivity (Wildman–Crippen MR) is 98.6 cm³/mol. The Bertz CT molecular complexity index is 605. The molecule has 2 unspecified atom stereocenters. The van der Waals surface area contributed by atoms with Crippen molar-refractivity contribution in [1.29, 1.82) is 0 Å². The number of benzene rings is 1. The molecule has 0 radical (unpaired) electrons. The zero-order valence-electron chi connectivity index (χ0n) is 15.8. The van der Waals surface area contributed by atoms with Gasteiger partial charge in [0.2, 0.25) is 0 Å². The van der Waals surface area contributed by atoms with Crippen LogP contribution in [-0.2, 0) is 4.74 Å². The average molecular weight is 344 g/mol. The molecule has 138 valence electrons. The second-order valence-electron chi connectivity index (χ2n) is 9.00. The molecule has 3 nitrogen and oxygen atoms in total. The van der Waals surface area contributed by atoms with Gasteiger partial charge in [0.05, 0.1) is 23.9 Å². The topological polar surface area (TPSA) is 38.7 Å². The Labute approximate surface area is 151 Å². The molecule has 3 heteroatoms. The number of hydrogen-bond donors (Lipinski definition) is 1. The molecule has 3 aliphatic rings. The highest BCUT2D eigenvalue weighted by Crippen LogP contribution is 2.53. The first-order valence-electron chi connectivity index (χ1n) is 10.1. The van der Waals surface area contributed by atoms with Gasteiger partial charge in [-0.2, -0.15) is 0 Å². The van der Waals surface area contributed by atoms with Crippen molar-refractivity contribution in [1.82, 2.24) is 0 Å². The largest absolute Gasteiger partial charge is 0.490 e. The van der Waals surface area contributed by atoms with E-state index in [1.807, 2.05) is 0 Å². The Morgan fingerprint density at radius 3 is 2.68 bits per heavy atom. The molecule has 1 N–H and O–H groups in total. The zero-order chi connectivity index (χ0) is 17.6. The van der Waals surface area contributed by atoms with E-state index in [1.54, 1.807) is 0 Å². The van der Waals surface area contributed by atoms with Gasteiger partial charge < -0.3 is 14.6 Å². The highest BCUT2D eigenvalue weighted by Gasteiger charge is 2.50. The highest BCUT2D eigenvalue weighted by molar-refractivity contribution is 5.31. The van der Waals surface area contributed by atoms with E-state index in [0.717, 1.165) is 18.6 Å². The summed E-state index contributed by atoms with van der Waals surface area (Å²) in [6.45, 7) is 6.55. The molecule has 0 aromatic heterocycles. The van der Waals surface area contributed by atoms with E-state index in [4.69, 9.17) is 9.47 Å². The Balaban J connectivity index is 1.59. The van der Waals surface area contributed by atoms with Crippen molar-refractivity contribution < 1.29 is 14.6 Å². The summed E-state index contributed by atoms with van der Waals surface area (Å²) in [6.07, 6.45) is 7.11. The Hall–Kier alpha value is -1.06. The fraction of sp³-hybridized carbons (Fsp3) is 0.727. The van der Waals surface area contributed by atoms with Crippen molar-refractivity contribution in [2.45, 2.75) is 83.2 Å². The van der Waals surface area contributed by atoms with E-state index in [1.165, 1.54) is 31.2 Å². The predicted octanol–water partition coefficient (Wildman–Crippen LogP) is 4.88. The number of aliphatic hydroxyl groups excluding tert-OH is 1. The number of rotatable bonds is 3. The number of hydrogen-bond acceptors (Lipinski definition) is 3. The molecule has 1 aromatic carbocycles. The lowest BCUT2D eigenvalue weighted by Crippen LogP contribution is -2.52. The lowest BCUT2D eigenvalue weighted by Gasteiger charge is -2.53. The van der Waals surface area contributed by atoms with Gasteiger partial charge in [-0.15, -0.1) is 0 Å². The standard InChI is InChI=1S/C22H32O3/c1-14-19-12-16(13-20(14)23)22(2,3)25-21(19)15-7-6-10-18(11-15)24-17-8-4-5-9-17/h6-7,10-11,14,16-17,19-21,23H,4-5,8-9,12-13H2,1-3H3/t14-,16?,19?,20-,21-/m0/s1. The Morgan fingerprint density at radius 1 is 1.16 bits per heavy atom. The quantitative estimate of drug-likeness (QED) is 0.849. The number of ether oxygens (including phenoxy) is 2. The molecule has 5 atom stereocenters. The molecular formula is C22H32O3. The molecule has 3 fully saturated rings. The summed E-state index contributed by atoms with van der Waals surface area (Å²) in [4.78, 5) is 0. The maximum Gasteiger partial charge on any atom is 0.120 e. The van der Waals surface area contributed by atoms with Gasteiger partial charge in [-0.1, -0.05) is 19.1 Å². The van der Waals surface area contributed by atoms with Crippen molar-refractivity contribution in [3.8, 4) is 5.75 Å². The fourth-order valence-corrected chi connectivity index (χ4v) is 5.19. The van der Waals surface area contributed by atoms with Crippen molar-refractivity contribution in [3.63, 3.8) is 0 Å². The van der Waals surface area contributed by atoms with Crippen molar-refractivity contribution in [2.75, 3.05) is 0 Å². The summed E-state index contributed by atoms with van der Waals surface area (Å²) in [7, 11) is 0. The van der Waals surface area contributed by atoms with Crippen LogP contribution in [0.15, 0.2) is 24.3 Å². The molecule has 4 rings (SSSR count). The lowest BCUT2D eigenvalue weighted by atomic mass is 9.63. The van der Waals surface area contributed by atoms with Gasteiger partial charge in [0.25, 0.3) is 0 Å². The number of aliphatic hydroxyl groups is 1. The molecule has 2 saturated carbocycles.